The summed E-state index contributed by atoms with van der Waals surface area (Å²) in [5, 5.41) is 2.51. The molecule has 1 aliphatic heterocycles. The third-order valence-electron chi connectivity index (χ3n) is 4.14. The van der Waals surface area contributed by atoms with E-state index in [0.29, 0.717) is 5.56 Å². The van der Waals surface area contributed by atoms with Gasteiger partial charge >= 0.3 is 0 Å². The summed E-state index contributed by atoms with van der Waals surface area (Å²) < 4.78 is 41.0. The fourth-order valence-electron chi connectivity index (χ4n) is 2.89. The molecule has 0 atom stereocenters. The maximum atomic E-state index is 14.2. The fourth-order valence-corrected chi connectivity index (χ4v) is 2.89. The summed E-state index contributed by atoms with van der Waals surface area (Å²) in [6, 6.07) is 7.88. The molecule has 3 rings (SSSR count). The second kappa shape index (κ2) is 9.11. The number of nitrogens with two attached hydrogens (primary N) is 1. The van der Waals surface area contributed by atoms with E-state index in [2.05, 4.69) is 15.2 Å². The summed E-state index contributed by atoms with van der Waals surface area (Å²) >= 11 is 0. The molecular weight excluding hydrogens is 456 g/mol. The minimum Gasteiger partial charge on any atom is -0.371 e. The fraction of sp³-hybridized carbons (Fsp3) is 0.278. The Labute approximate surface area is 167 Å². The first-order valence-electron chi connectivity index (χ1n) is 8.09. The van der Waals surface area contributed by atoms with Crippen molar-refractivity contribution in [2.75, 3.05) is 23.3 Å². The van der Waals surface area contributed by atoms with Gasteiger partial charge in [-0.3, -0.25) is 0 Å². The van der Waals surface area contributed by atoms with Gasteiger partial charge in [0.2, 0.25) is 0 Å². The van der Waals surface area contributed by atoms with Gasteiger partial charge in [0.1, 0.15) is 17.5 Å². The van der Waals surface area contributed by atoms with Crippen molar-refractivity contribution >= 4 is 41.3 Å². The molecular formula is C18H20F3IN4. The lowest BCUT2D eigenvalue weighted by molar-refractivity contribution is 0.603. The Hall–Kier alpha value is -1.97. The summed E-state index contributed by atoms with van der Waals surface area (Å²) in [6.07, 6.45) is 2.14. The van der Waals surface area contributed by atoms with Crippen molar-refractivity contribution in [2.45, 2.75) is 19.4 Å². The third kappa shape index (κ3) is 4.80. The molecule has 1 fully saturated rings. The Balaban J connectivity index is 0.00000243. The molecule has 0 saturated carbocycles. The Bertz CT molecular complexity index is 792. The van der Waals surface area contributed by atoms with Crippen LogP contribution in [0.2, 0.25) is 0 Å². The van der Waals surface area contributed by atoms with Crippen LogP contribution in [-0.4, -0.2) is 19.0 Å². The number of benzene rings is 2. The van der Waals surface area contributed by atoms with Crippen molar-refractivity contribution in [3.8, 4) is 0 Å². The summed E-state index contributed by atoms with van der Waals surface area (Å²) in [6.45, 7) is 1.76. The number of nitrogens with one attached hydrogen (secondary N) is 1. The van der Waals surface area contributed by atoms with Crippen LogP contribution in [0, 0.1) is 17.5 Å². The van der Waals surface area contributed by atoms with Gasteiger partial charge in [-0.2, -0.15) is 0 Å². The molecule has 1 aliphatic rings. The second-order valence-corrected chi connectivity index (χ2v) is 5.88. The highest BCUT2D eigenvalue weighted by Crippen LogP contribution is 2.27. The Morgan fingerprint density at radius 3 is 2.54 bits per heavy atom. The SMILES string of the molecule is I.NC(=NCc1c(F)cccc1N1CCCC1)Nc1cc(F)ccc1F. The van der Waals surface area contributed by atoms with E-state index in [1.807, 2.05) is 6.07 Å². The highest BCUT2D eigenvalue weighted by molar-refractivity contribution is 14.0. The van der Waals surface area contributed by atoms with Gasteiger partial charge in [-0.15, -0.1) is 24.0 Å². The molecule has 2 aromatic rings. The number of hydrogen-bond acceptors (Lipinski definition) is 2. The van der Waals surface area contributed by atoms with E-state index in [-0.39, 0.29) is 48.0 Å². The molecule has 0 unspecified atom stereocenters. The zero-order valence-electron chi connectivity index (χ0n) is 14.0. The van der Waals surface area contributed by atoms with E-state index in [1.54, 1.807) is 6.07 Å². The molecule has 0 bridgehead atoms. The van der Waals surface area contributed by atoms with Gasteiger partial charge in [0, 0.05) is 30.4 Å². The number of halogens is 4. The first-order valence-corrected chi connectivity index (χ1v) is 8.09. The van der Waals surface area contributed by atoms with Crippen molar-refractivity contribution in [1.82, 2.24) is 0 Å². The van der Waals surface area contributed by atoms with Gasteiger partial charge in [-0.05, 0) is 37.1 Å². The van der Waals surface area contributed by atoms with Gasteiger partial charge in [-0.25, -0.2) is 18.2 Å². The van der Waals surface area contributed by atoms with Crippen LogP contribution < -0.4 is 16.0 Å². The molecule has 0 amide bonds. The highest BCUT2D eigenvalue weighted by atomic mass is 127. The van der Waals surface area contributed by atoms with Crippen molar-refractivity contribution in [3.05, 3.63) is 59.4 Å². The average molecular weight is 476 g/mol. The number of nitrogens with zero attached hydrogens (tertiary/aromatic N) is 2. The molecule has 0 spiro atoms. The van der Waals surface area contributed by atoms with Gasteiger partial charge in [-0.1, -0.05) is 6.07 Å². The Morgan fingerprint density at radius 2 is 1.81 bits per heavy atom. The zero-order chi connectivity index (χ0) is 17.8. The average Bonchev–Trinajstić information content (AvgIpc) is 3.11. The predicted molar refractivity (Wildman–Crippen MR) is 109 cm³/mol. The molecule has 8 heteroatoms. The summed E-state index contributed by atoms with van der Waals surface area (Å²) in [7, 11) is 0. The van der Waals surface area contributed by atoms with Gasteiger partial charge in [0.05, 0.1) is 12.2 Å². The van der Waals surface area contributed by atoms with Crippen LogP contribution in [0.3, 0.4) is 0 Å². The summed E-state index contributed by atoms with van der Waals surface area (Å²) in [5.74, 6) is -1.72. The minimum absolute atomic E-state index is 0. The van der Waals surface area contributed by atoms with Crippen molar-refractivity contribution in [1.29, 1.82) is 0 Å². The molecule has 2 aromatic carbocycles. The number of guanidine groups is 1. The molecule has 0 aromatic heterocycles. The standard InChI is InChI=1S/C18H19F3N4.HI/c19-12-6-7-15(21)16(10-12)24-18(22)23-11-13-14(20)4-3-5-17(13)25-8-1-2-9-25;/h3-7,10H,1-2,8-9,11H2,(H3,22,23,24);1H. The molecule has 3 N–H and O–H groups in total. The quantitative estimate of drug-likeness (QED) is 0.394. The number of anilines is 2. The monoisotopic (exact) mass is 476 g/mol. The molecule has 0 radical (unpaired) electrons. The van der Waals surface area contributed by atoms with E-state index in [0.717, 1.165) is 49.8 Å². The minimum atomic E-state index is -0.650. The maximum Gasteiger partial charge on any atom is 0.193 e. The van der Waals surface area contributed by atoms with E-state index < -0.39 is 11.6 Å². The summed E-state index contributed by atoms with van der Waals surface area (Å²) in [4.78, 5) is 6.20. The van der Waals surface area contributed by atoms with Crippen molar-refractivity contribution < 1.29 is 13.2 Å². The highest BCUT2D eigenvalue weighted by Gasteiger charge is 2.18. The topological polar surface area (TPSA) is 53.6 Å². The Morgan fingerprint density at radius 1 is 1.08 bits per heavy atom. The van der Waals surface area contributed by atoms with Crippen LogP contribution in [0.4, 0.5) is 24.5 Å². The van der Waals surface area contributed by atoms with Crippen LogP contribution >= 0.6 is 24.0 Å². The molecule has 26 heavy (non-hydrogen) atoms. The normalized spacial score (nSPS) is 14.3. The molecule has 1 heterocycles. The van der Waals surface area contributed by atoms with Gasteiger partial charge in [0.25, 0.3) is 0 Å². The Kier molecular flexibility index (Phi) is 7.13. The van der Waals surface area contributed by atoms with Gasteiger partial charge in [0.15, 0.2) is 5.96 Å². The molecule has 1 saturated heterocycles. The molecule has 0 aliphatic carbocycles. The first-order chi connectivity index (χ1) is 12.0. The maximum absolute atomic E-state index is 14.2. The lowest BCUT2D eigenvalue weighted by Crippen LogP contribution is -2.24. The second-order valence-electron chi connectivity index (χ2n) is 5.88. The van der Waals surface area contributed by atoms with E-state index in [4.69, 9.17) is 5.73 Å². The lowest BCUT2D eigenvalue weighted by Gasteiger charge is -2.21. The van der Waals surface area contributed by atoms with Crippen LogP contribution in [0.5, 0.6) is 0 Å². The van der Waals surface area contributed by atoms with Crippen molar-refractivity contribution in [3.63, 3.8) is 0 Å². The lowest BCUT2D eigenvalue weighted by atomic mass is 10.1. The van der Waals surface area contributed by atoms with E-state index in [1.165, 1.54) is 6.07 Å². The largest absolute Gasteiger partial charge is 0.371 e. The zero-order valence-corrected chi connectivity index (χ0v) is 16.3. The van der Waals surface area contributed by atoms with Gasteiger partial charge < -0.3 is 16.0 Å². The predicted octanol–water partition coefficient (Wildman–Crippen LogP) is 4.25. The van der Waals surface area contributed by atoms with Crippen molar-refractivity contribution in [2.24, 2.45) is 10.7 Å². The summed E-state index contributed by atoms with van der Waals surface area (Å²) in [5.41, 5.74) is 6.86. The first kappa shape index (κ1) is 20.3. The molecule has 4 nitrogen and oxygen atoms in total. The van der Waals surface area contributed by atoms with Crippen LogP contribution in [0.15, 0.2) is 41.4 Å². The van der Waals surface area contributed by atoms with Crippen LogP contribution in [0.1, 0.15) is 18.4 Å². The van der Waals surface area contributed by atoms with Crippen LogP contribution in [-0.2, 0) is 6.54 Å². The molecule has 140 valence electrons. The van der Waals surface area contributed by atoms with E-state index >= 15 is 0 Å². The third-order valence-corrected chi connectivity index (χ3v) is 4.14. The van der Waals surface area contributed by atoms with E-state index in [9.17, 15) is 13.2 Å². The number of aliphatic imine (C=N–C) groups is 1. The number of hydrogen-bond donors (Lipinski definition) is 2. The number of rotatable bonds is 4. The van der Waals surface area contributed by atoms with Crippen LogP contribution in [0.25, 0.3) is 0 Å². The smallest absolute Gasteiger partial charge is 0.193 e.